The van der Waals surface area contributed by atoms with Gasteiger partial charge in [-0.15, -0.1) is 12.3 Å². The van der Waals surface area contributed by atoms with Crippen LogP contribution in [0.5, 0.6) is 0 Å². The van der Waals surface area contributed by atoms with E-state index in [0.717, 1.165) is 6.42 Å². The molecule has 1 saturated heterocycles. The second-order valence-electron chi connectivity index (χ2n) is 2.97. The lowest BCUT2D eigenvalue weighted by Crippen LogP contribution is -2.13. The van der Waals surface area contributed by atoms with Gasteiger partial charge in [0.15, 0.2) is 6.29 Å². The fourth-order valence-corrected chi connectivity index (χ4v) is 1.20. The number of carbonyl (C=O) groups excluding carboxylic acids is 1. The van der Waals surface area contributed by atoms with Gasteiger partial charge in [0.1, 0.15) is 5.78 Å². The van der Waals surface area contributed by atoms with Gasteiger partial charge in [-0.25, -0.2) is 0 Å². The predicted octanol–water partition coefficient (Wildman–Crippen LogP) is 1.12. The molecule has 1 aliphatic heterocycles. The molecule has 3 nitrogen and oxygen atoms in total. The van der Waals surface area contributed by atoms with Crippen LogP contribution in [0, 0.1) is 12.3 Å². The zero-order valence-corrected chi connectivity index (χ0v) is 7.62. The molecular weight excluding hydrogens is 168 g/mol. The SMILES string of the molecule is C#CCCCC(=O)CC1OCCO1. The third-order valence-electron chi connectivity index (χ3n) is 1.86. The van der Waals surface area contributed by atoms with E-state index in [2.05, 4.69) is 5.92 Å². The van der Waals surface area contributed by atoms with E-state index in [-0.39, 0.29) is 12.1 Å². The quantitative estimate of drug-likeness (QED) is 0.472. The van der Waals surface area contributed by atoms with Crippen molar-refractivity contribution in [3.8, 4) is 12.3 Å². The fraction of sp³-hybridized carbons (Fsp3) is 0.700. The Balaban J connectivity index is 2.07. The van der Waals surface area contributed by atoms with Gasteiger partial charge < -0.3 is 9.47 Å². The molecular formula is C10H14O3. The second kappa shape index (κ2) is 5.74. The molecule has 1 fully saturated rings. The lowest BCUT2D eigenvalue weighted by molar-refractivity contribution is -0.127. The Morgan fingerprint density at radius 3 is 2.77 bits per heavy atom. The molecule has 0 aliphatic carbocycles. The van der Waals surface area contributed by atoms with Crippen molar-refractivity contribution in [3.63, 3.8) is 0 Å². The van der Waals surface area contributed by atoms with Crippen LogP contribution in [0.2, 0.25) is 0 Å². The van der Waals surface area contributed by atoms with Gasteiger partial charge in [0, 0.05) is 12.8 Å². The first-order chi connectivity index (χ1) is 6.33. The third kappa shape index (κ3) is 4.07. The molecule has 0 amide bonds. The van der Waals surface area contributed by atoms with Crippen LogP contribution in [0.4, 0.5) is 0 Å². The van der Waals surface area contributed by atoms with Gasteiger partial charge in [-0.1, -0.05) is 0 Å². The zero-order chi connectivity index (χ0) is 9.52. The van der Waals surface area contributed by atoms with Crippen LogP contribution in [-0.4, -0.2) is 25.3 Å². The van der Waals surface area contributed by atoms with Gasteiger partial charge in [0.2, 0.25) is 0 Å². The summed E-state index contributed by atoms with van der Waals surface area (Å²) in [6.45, 7) is 1.20. The Hall–Kier alpha value is -0.850. The number of terminal acetylenes is 1. The first-order valence-electron chi connectivity index (χ1n) is 4.51. The summed E-state index contributed by atoms with van der Waals surface area (Å²) in [5.41, 5.74) is 0. The standard InChI is InChI=1S/C10H14O3/c1-2-3-4-5-9(11)8-10-12-6-7-13-10/h1,10H,3-8H2. The Morgan fingerprint density at radius 2 is 2.15 bits per heavy atom. The van der Waals surface area contributed by atoms with E-state index in [0.29, 0.717) is 32.5 Å². The molecule has 0 saturated carbocycles. The first-order valence-corrected chi connectivity index (χ1v) is 4.51. The number of carbonyl (C=O) groups is 1. The summed E-state index contributed by atoms with van der Waals surface area (Å²) < 4.78 is 10.3. The van der Waals surface area contributed by atoms with E-state index in [4.69, 9.17) is 15.9 Å². The largest absolute Gasteiger partial charge is 0.350 e. The molecule has 0 bridgehead atoms. The predicted molar refractivity (Wildman–Crippen MR) is 48.0 cm³/mol. The van der Waals surface area contributed by atoms with Gasteiger partial charge >= 0.3 is 0 Å². The van der Waals surface area contributed by atoms with Crippen molar-refractivity contribution in [2.75, 3.05) is 13.2 Å². The summed E-state index contributed by atoms with van der Waals surface area (Å²) in [5, 5.41) is 0. The van der Waals surface area contributed by atoms with Crippen LogP contribution in [0.1, 0.15) is 25.7 Å². The molecule has 0 unspecified atom stereocenters. The minimum atomic E-state index is -0.307. The van der Waals surface area contributed by atoms with Crippen molar-refractivity contribution in [2.45, 2.75) is 32.0 Å². The zero-order valence-electron chi connectivity index (χ0n) is 7.62. The summed E-state index contributed by atoms with van der Waals surface area (Å²) in [6, 6.07) is 0. The molecule has 0 spiro atoms. The molecule has 0 aromatic rings. The van der Waals surface area contributed by atoms with Gasteiger partial charge in [-0.05, 0) is 6.42 Å². The lowest BCUT2D eigenvalue weighted by atomic mass is 10.1. The maximum atomic E-state index is 11.2. The molecule has 0 aromatic heterocycles. The minimum absolute atomic E-state index is 0.169. The highest BCUT2D eigenvalue weighted by molar-refractivity contribution is 5.78. The average molecular weight is 182 g/mol. The highest BCUT2D eigenvalue weighted by Gasteiger charge is 2.18. The third-order valence-corrected chi connectivity index (χ3v) is 1.86. The Labute approximate surface area is 78.4 Å². The van der Waals surface area contributed by atoms with Crippen LogP contribution < -0.4 is 0 Å². The van der Waals surface area contributed by atoms with E-state index < -0.39 is 0 Å². The lowest BCUT2D eigenvalue weighted by Gasteiger charge is -2.06. The summed E-state index contributed by atoms with van der Waals surface area (Å²) in [5.74, 6) is 2.67. The Kier molecular flexibility index (Phi) is 4.52. The van der Waals surface area contributed by atoms with Crippen molar-refractivity contribution < 1.29 is 14.3 Å². The van der Waals surface area contributed by atoms with Crippen LogP contribution in [0.15, 0.2) is 0 Å². The maximum absolute atomic E-state index is 11.2. The molecule has 1 heterocycles. The van der Waals surface area contributed by atoms with Crippen LogP contribution in [-0.2, 0) is 14.3 Å². The second-order valence-corrected chi connectivity index (χ2v) is 2.97. The number of unbranched alkanes of at least 4 members (excludes halogenated alkanes) is 1. The Bertz CT molecular complexity index is 199. The fourth-order valence-electron chi connectivity index (χ4n) is 1.20. The van der Waals surface area contributed by atoms with Crippen LogP contribution in [0.25, 0.3) is 0 Å². The molecule has 0 N–H and O–H groups in total. The highest BCUT2D eigenvalue weighted by atomic mass is 16.7. The monoisotopic (exact) mass is 182 g/mol. The minimum Gasteiger partial charge on any atom is -0.350 e. The highest BCUT2D eigenvalue weighted by Crippen LogP contribution is 2.10. The van der Waals surface area contributed by atoms with E-state index in [1.54, 1.807) is 0 Å². The van der Waals surface area contributed by atoms with E-state index in [9.17, 15) is 4.79 Å². The molecule has 3 heteroatoms. The maximum Gasteiger partial charge on any atom is 0.164 e. The summed E-state index contributed by atoms with van der Waals surface area (Å²) in [7, 11) is 0. The van der Waals surface area contributed by atoms with Crippen LogP contribution >= 0.6 is 0 Å². The van der Waals surface area contributed by atoms with Crippen molar-refractivity contribution in [1.82, 2.24) is 0 Å². The number of rotatable bonds is 5. The Morgan fingerprint density at radius 1 is 1.46 bits per heavy atom. The van der Waals surface area contributed by atoms with Crippen molar-refractivity contribution in [1.29, 1.82) is 0 Å². The molecule has 1 rings (SSSR count). The number of Topliss-reactive ketones (excluding diaryl/α,β-unsaturated/α-hetero) is 1. The molecule has 0 atom stereocenters. The molecule has 13 heavy (non-hydrogen) atoms. The van der Waals surface area contributed by atoms with Gasteiger partial charge in [-0.3, -0.25) is 4.79 Å². The number of hydrogen-bond donors (Lipinski definition) is 0. The number of ketones is 1. The molecule has 0 aromatic carbocycles. The normalized spacial score (nSPS) is 17.2. The van der Waals surface area contributed by atoms with E-state index >= 15 is 0 Å². The van der Waals surface area contributed by atoms with E-state index in [1.165, 1.54) is 0 Å². The average Bonchev–Trinajstić information content (AvgIpc) is 2.57. The molecule has 0 radical (unpaired) electrons. The summed E-state index contributed by atoms with van der Waals surface area (Å²) in [6.07, 6.45) is 7.09. The van der Waals surface area contributed by atoms with Crippen molar-refractivity contribution >= 4 is 5.78 Å². The molecule has 1 aliphatic rings. The molecule has 72 valence electrons. The number of hydrogen-bond acceptors (Lipinski definition) is 3. The van der Waals surface area contributed by atoms with Gasteiger partial charge in [-0.2, -0.15) is 0 Å². The summed E-state index contributed by atoms with van der Waals surface area (Å²) >= 11 is 0. The first kappa shape index (κ1) is 10.2. The van der Waals surface area contributed by atoms with Gasteiger partial charge in [0.05, 0.1) is 19.6 Å². The van der Waals surface area contributed by atoms with E-state index in [1.807, 2.05) is 0 Å². The summed E-state index contributed by atoms with van der Waals surface area (Å²) in [4.78, 5) is 11.2. The topological polar surface area (TPSA) is 35.5 Å². The smallest absolute Gasteiger partial charge is 0.164 e. The van der Waals surface area contributed by atoms with Crippen molar-refractivity contribution in [2.24, 2.45) is 0 Å². The van der Waals surface area contributed by atoms with Gasteiger partial charge in [0.25, 0.3) is 0 Å². The number of ether oxygens (including phenoxy) is 2. The van der Waals surface area contributed by atoms with Crippen molar-refractivity contribution in [3.05, 3.63) is 0 Å². The van der Waals surface area contributed by atoms with Crippen LogP contribution in [0.3, 0.4) is 0 Å².